The predicted octanol–water partition coefficient (Wildman–Crippen LogP) is 2.51. The molecule has 0 amide bonds. The molecule has 0 fully saturated rings. The quantitative estimate of drug-likeness (QED) is 0.893. The van der Waals surface area contributed by atoms with Crippen LogP contribution in [-0.4, -0.2) is 12.1 Å². The van der Waals surface area contributed by atoms with E-state index in [1.807, 2.05) is 12.1 Å². The van der Waals surface area contributed by atoms with Gasteiger partial charge >= 0.3 is 0 Å². The van der Waals surface area contributed by atoms with Crippen molar-refractivity contribution in [3.8, 4) is 5.75 Å². The van der Waals surface area contributed by atoms with Crippen molar-refractivity contribution >= 4 is 17.6 Å². The van der Waals surface area contributed by atoms with E-state index in [0.717, 1.165) is 11.3 Å². The number of methoxy groups -OCH3 is 1. The van der Waals surface area contributed by atoms with Crippen LogP contribution in [0.5, 0.6) is 5.75 Å². The molecular weight excluding hydrogens is 228 g/mol. The van der Waals surface area contributed by atoms with Crippen molar-refractivity contribution in [2.45, 2.75) is 6.42 Å². The summed E-state index contributed by atoms with van der Waals surface area (Å²) in [5, 5.41) is 0.656. The molecule has 0 saturated heterocycles. The van der Waals surface area contributed by atoms with E-state index in [2.05, 4.69) is 4.98 Å². The van der Waals surface area contributed by atoms with Crippen molar-refractivity contribution in [3.63, 3.8) is 0 Å². The number of oxazole rings is 1. The van der Waals surface area contributed by atoms with Crippen molar-refractivity contribution in [1.82, 2.24) is 4.98 Å². The minimum absolute atomic E-state index is 0.163. The topological polar surface area (TPSA) is 61.3 Å². The molecule has 1 aromatic carbocycles. The molecule has 2 aromatic rings. The van der Waals surface area contributed by atoms with Crippen LogP contribution in [0, 0.1) is 0 Å². The first-order valence-electron chi connectivity index (χ1n) is 4.71. The van der Waals surface area contributed by atoms with Gasteiger partial charge in [0, 0.05) is 17.0 Å². The van der Waals surface area contributed by atoms with E-state index in [1.165, 1.54) is 0 Å². The van der Waals surface area contributed by atoms with Gasteiger partial charge in [-0.2, -0.15) is 0 Å². The van der Waals surface area contributed by atoms with Gasteiger partial charge < -0.3 is 14.9 Å². The Labute approximate surface area is 98.0 Å². The lowest BCUT2D eigenvalue weighted by Gasteiger charge is -2.06. The highest BCUT2D eigenvalue weighted by Gasteiger charge is 2.08. The van der Waals surface area contributed by atoms with Crippen LogP contribution in [-0.2, 0) is 6.42 Å². The molecular formula is C11H11ClN2O2. The van der Waals surface area contributed by atoms with Gasteiger partial charge in [0.1, 0.15) is 11.5 Å². The van der Waals surface area contributed by atoms with E-state index < -0.39 is 0 Å². The maximum atomic E-state index is 5.92. The number of halogens is 1. The fourth-order valence-electron chi connectivity index (χ4n) is 1.48. The highest BCUT2D eigenvalue weighted by molar-refractivity contribution is 6.30. The highest BCUT2D eigenvalue weighted by Crippen LogP contribution is 2.25. The number of hydrogen-bond acceptors (Lipinski definition) is 4. The maximum absolute atomic E-state index is 5.92. The number of nitrogens with zero attached hydrogens (tertiary/aromatic N) is 1. The largest absolute Gasteiger partial charge is 0.496 e. The SMILES string of the molecule is COc1ccc(Cl)cc1Cc1cnc(N)o1. The van der Waals surface area contributed by atoms with Crippen LogP contribution >= 0.6 is 11.6 Å². The van der Waals surface area contributed by atoms with Gasteiger partial charge in [0.2, 0.25) is 0 Å². The number of hydrogen-bond donors (Lipinski definition) is 1. The fraction of sp³-hybridized carbons (Fsp3) is 0.182. The second-order valence-corrected chi connectivity index (χ2v) is 3.73. The third-order valence-corrected chi connectivity index (χ3v) is 2.41. The van der Waals surface area contributed by atoms with E-state index >= 15 is 0 Å². The molecule has 16 heavy (non-hydrogen) atoms. The van der Waals surface area contributed by atoms with Gasteiger partial charge in [0.15, 0.2) is 0 Å². The monoisotopic (exact) mass is 238 g/mol. The fourth-order valence-corrected chi connectivity index (χ4v) is 1.67. The molecule has 0 aliphatic rings. The zero-order valence-electron chi connectivity index (χ0n) is 8.74. The summed E-state index contributed by atoms with van der Waals surface area (Å²) in [6, 6.07) is 5.59. The Hall–Kier alpha value is -1.68. The van der Waals surface area contributed by atoms with E-state index in [0.29, 0.717) is 17.2 Å². The van der Waals surface area contributed by atoms with Crippen molar-refractivity contribution in [2.24, 2.45) is 0 Å². The van der Waals surface area contributed by atoms with Crippen LogP contribution in [0.2, 0.25) is 5.02 Å². The summed E-state index contributed by atoms with van der Waals surface area (Å²) >= 11 is 5.92. The van der Waals surface area contributed by atoms with Crippen LogP contribution in [0.25, 0.3) is 0 Å². The molecule has 84 valence electrons. The molecule has 2 rings (SSSR count). The molecule has 5 heteroatoms. The lowest BCUT2D eigenvalue weighted by atomic mass is 10.1. The Bertz CT molecular complexity index is 496. The summed E-state index contributed by atoms with van der Waals surface area (Å²) in [7, 11) is 1.61. The zero-order chi connectivity index (χ0) is 11.5. The average Bonchev–Trinajstić information content (AvgIpc) is 2.64. The third kappa shape index (κ3) is 2.28. The van der Waals surface area contributed by atoms with Gasteiger partial charge in [-0.1, -0.05) is 11.6 Å². The van der Waals surface area contributed by atoms with Crippen LogP contribution in [0.3, 0.4) is 0 Å². The number of anilines is 1. The minimum Gasteiger partial charge on any atom is -0.496 e. The number of nitrogens with two attached hydrogens (primary N) is 1. The molecule has 1 heterocycles. The van der Waals surface area contributed by atoms with E-state index in [1.54, 1.807) is 19.4 Å². The van der Waals surface area contributed by atoms with Gasteiger partial charge in [-0.15, -0.1) is 0 Å². The minimum atomic E-state index is 0.163. The third-order valence-electron chi connectivity index (χ3n) is 2.18. The summed E-state index contributed by atoms with van der Waals surface area (Å²) in [5.41, 5.74) is 6.33. The Morgan fingerprint density at radius 1 is 1.50 bits per heavy atom. The van der Waals surface area contributed by atoms with Gasteiger partial charge in [-0.25, -0.2) is 4.98 Å². The first-order chi connectivity index (χ1) is 7.69. The van der Waals surface area contributed by atoms with Gasteiger partial charge in [-0.05, 0) is 18.2 Å². The van der Waals surface area contributed by atoms with Gasteiger partial charge in [0.05, 0.1) is 13.3 Å². The summed E-state index contributed by atoms with van der Waals surface area (Å²) in [5.74, 6) is 1.44. The Morgan fingerprint density at radius 2 is 2.31 bits per heavy atom. The lowest BCUT2D eigenvalue weighted by molar-refractivity contribution is 0.409. The first kappa shape index (κ1) is 10.8. The molecule has 0 aliphatic heterocycles. The second-order valence-electron chi connectivity index (χ2n) is 3.30. The normalized spacial score (nSPS) is 10.4. The molecule has 4 nitrogen and oxygen atoms in total. The molecule has 0 radical (unpaired) electrons. The number of nitrogen functional groups attached to an aromatic ring is 1. The van der Waals surface area contributed by atoms with Crippen LogP contribution < -0.4 is 10.5 Å². The van der Waals surface area contributed by atoms with Crippen LogP contribution in [0.4, 0.5) is 6.01 Å². The lowest BCUT2D eigenvalue weighted by Crippen LogP contribution is -1.92. The molecule has 0 unspecified atom stereocenters. The first-order valence-corrected chi connectivity index (χ1v) is 5.09. The highest BCUT2D eigenvalue weighted by atomic mass is 35.5. The van der Waals surface area contributed by atoms with Crippen LogP contribution in [0.1, 0.15) is 11.3 Å². The molecule has 1 aromatic heterocycles. The number of benzene rings is 1. The van der Waals surface area contributed by atoms with Crippen molar-refractivity contribution in [2.75, 3.05) is 12.8 Å². The predicted molar refractivity (Wildman–Crippen MR) is 61.7 cm³/mol. The molecule has 0 spiro atoms. The molecule has 2 N–H and O–H groups in total. The van der Waals surface area contributed by atoms with Crippen molar-refractivity contribution in [1.29, 1.82) is 0 Å². The Kier molecular flexibility index (Phi) is 3.01. The molecule has 0 saturated carbocycles. The molecule has 0 aliphatic carbocycles. The van der Waals surface area contributed by atoms with Crippen molar-refractivity contribution in [3.05, 3.63) is 40.7 Å². The standard InChI is InChI=1S/C11H11ClN2O2/c1-15-10-3-2-8(12)4-7(10)5-9-6-14-11(13)16-9/h2-4,6H,5H2,1H3,(H2,13,14). The average molecular weight is 239 g/mol. The number of aromatic nitrogens is 1. The zero-order valence-corrected chi connectivity index (χ0v) is 9.49. The Morgan fingerprint density at radius 3 is 2.94 bits per heavy atom. The Balaban J connectivity index is 2.29. The van der Waals surface area contributed by atoms with Gasteiger partial charge in [0.25, 0.3) is 6.01 Å². The molecule has 0 bridgehead atoms. The summed E-state index contributed by atoms with van der Waals surface area (Å²) < 4.78 is 10.4. The van der Waals surface area contributed by atoms with Crippen molar-refractivity contribution < 1.29 is 9.15 Å². The summed E-state index contributed by atoms with van der Waals surface area (Å²) in [6.45, 7) is 0. The number of rotatable bonds is 3. The van der Waals surface area contributed by atoms with Crippen LogP contribution in [0.15, 0.2) is 28.8 Å². The second kappa shape index (κ2) is 4.45. The van der Waals surface area contributed by atoms with E-state index in [4.69, 9.17) is 26.5 Å². The van der Waals surface area contributed by atoms with E-state index in [9.17, 15) is 0 Å². The molecule has 0 atom stereocenters. The van der Waals surface area contributed by atoms with E-state index in [-0.39, 0.29) is 6.01 Å². The number of ether oxygens (including phenoxy) is 1. The summed E-state index contributed by atoms with van der Waals surface area (Å²) in [4.78, 5) is 3.83. The summed E-state index contributed by atoms with van der Waals surface area (Å²) in [6.07, 6.45) is 2.14. The maximum Gasteiger partial charge on any atom is 0.292 e. The van der Waals surface area contributed by atoms with Gasteiger partial charge in [-0.3, -0.25) is 0 Å². The smallest absolute Gasteiger partial charge is 0.292 e.